The molecule has 0 radical (unpaired) electrons. The van der Waals surface area contributed by atoms with E-state index >= 15 is 0 Å². The van der Waals surface area contributed by atoms with Crippen molar-refractivity contribution in [2.24, 2.45) is 5.41 Å². The molecule has 0 atom stereocenters. The third kappa shape index (κ3) is 3.14. The Labute approximate surface area is 117 Å². The van der Waals surface area contributed by atoms with Gasteiger partial charge >= 0.3 is 0 Å². The highest BCUT2D eigenvalue weighted by molar-refractivity contribution is 9.09. The van der Waals surface area contributed by atoms with Gasteiger partial charge in [-0.1, -0.05) is 60.1 Å². The fraction of sp³-hybridized carbons (Fsp3) is 0.533. The van der Waals surface area contributed by atoms with Crippen molar-refractivity contribution in [3.63, 3.8) is 0 Å². The van der Waals surface area contributed by atoms with Crippen molar-refractivity contribution in [2.75, 3.05) is 5.33 Å². The van der Waals surface area contributed by atoms with Crippen molar-refractivity contribution < 1.29 is 4.79 Å². The Hall–Kier alpha value is -0.830. The summed E-state index contributed by atoms with van der Waals surface area (Å²) in [6.07, 6.45) is 2.67. The Morgan fingerprint density at radius 3 is 2.44 bits per heavy atom. The van der Waals surface area contributed by atoms with Gasteiger partial charge < -0.3 is 5.32 Å². The number of hydrogen-bond donors (Lipinski definition) is 1. The van der Waals surface area contributed by atoms with Crippen LogP contribution >= 0.6 is 15.9 Å². The number of halogens is 1. The predicted molar refractivity (Wildman–Crippen MR) is 77.7 cm³/mol. The van der Waals surface area contributed by atoms with Gasteiger partial charge in [-0.2, -0.15) is 0 Å². The first-order valence-electron chi connectivity index (χ1n) is 6.40. The second-order valence-corrected chi connectivity index (χ2v) is 6.53. The van der Waals surface area contributed by atoms with Gasteiger partial charge in [0.25, 0.3) is 0 Å². The molecule has 0 aliphatic heterocycles. The average molecular weight is 310 g/mol. The summed E-state index contributed by atoms with van der Waals surface area (Å²) in [7, 11) is 0. The smallest absolute Gasteiger partial charge is 0.221 e. The van der Waals surface area contributed by atoms with E-state index in [1.165, 1.54) is 5.56 Å². The molecule has 1 fully saturated rings. The van der Waals surface area contributed by atoms with E-state index in [4.69, 9.17) is 0 Å². The minimum Gasteiger partial charge on any atom is -0.347 e. The van der Waals surface area contributed by atoms with Crippen LogP contribution in [0.1, 0.15) is 38.7 Å². The number of nitrogens with one attached hydrogen (secondary N) is 1. The topological polar surface area (TPSA) is 29.1 Å². The molecular formula is C15H20BrNO. The lowest BCUT2D eigenvalue weighted by Gasteiger charge is -2.24. The first-order chi connectivity index (χ1) is 8.47. The van der Waals surface area contributed by atoms with E-state index in [1.54, 1.807) is 0 Å². The molecule has 1 saturated carbocycles. The minimum atomic E-state index is -0.0826. The van der Waals surface area contributed by atoms with Gasteiger partial charge in [-0.15, -0.1) is 0 Å². The van der Waals surface area contributed by atoms with E-state index in [1.807, 2.05) is 18.2 Å². The third-order valence-electron chi connectivity index (χ3n) is 3.46. The SMILES string of the molecule is CC(C)(CBr)CC(=O)NC1(c2ccccc2)CC1. The highest BCUT2D eigenvalue weighted by atomic mass is 79.9. The number of hydrogen-bond acceptors (Lipinski definition) is 1. The Morgan fingerprint density at radius 1 is 1.33 bits per heavy atom. The maximum absolute atomic E-state index is 12.1. The van der Waals surface area contributed by atoms with Gasteiger partial charge in [0.15, 0.2) is 0 Å². The molecule has 1 aliphatic rings. The fourth-order valence-corrected chi connectivity index (χ4v) is 2.36. The number of alkyl halides is 1. The molecule has 0 spiro atoms. The molecule has 0 aromatic heterocycles. The number of rotatable bonds is 5. The van der Waals surface area contributed by atoms with Crippen LogP contribution in [0.15, 0.2) is 30.3 Å². The van der Waals surface area contributed by atoms with Gasteiger partial charge in [0.2, 0.25) is 5.91 Å². The number of benzene rings is 1. The van der Waals surface area contributed by atoms with Crippen LogP contribution in [0, 0.1) is 5.41 Å². The largest absolute Gasteiger partial charge is 0.347 e. The van der Waals surface area contributed by atoms with Gasteiger partial charge in [0.05, 0.1) is 5.54 Å². The molecule has 2 nitrogen and oxygen atoms in total. The lowest BCUT2D eigenvalue weighted by molar-refractivity contribution is -0.123. The Balaban J connectivity index is 2.00. The average Bonchev–Trinajstić information content (AvgIpc) is 3.10. The van der Waals surface area contributed by atoms with Gasteiger partial charge in [0.1, 0.15) is 0 Å². The van der Waals surface area contributed by atoms with Crippen molar-refractivity contribution in [3.05, 3.63) is 35.9 Å². The second kappa shape index (κ2) is 5.04. The monoisotopic (exact) mass is 309 g/mol. The summed E-state index contributed by atoms with van der Waals surface area (Å²) in [5.74, 6) is 0.154. The Bertz CT molecular complexity index is 423. The zero-order valence-corrected chi connectivity index (χ0v) is 12.6. The van der Waals surface area contributed by atoms with E-state index in [0.717, 1.165) is 18.2 Å². The van der Waals surface area contributed by atoms with Crippen molar-refractivity contribution in [1.29, 1.82) is 0 Å². The quantitative estimate of drug-likeness (QED) is 0.827. The summed E-state index contributed by atoms with van der Waals surface area (Å²) in [5, 5.41) is 4.05. The molecule has 98 valence electrons. The molecule has 1 aromatic rings. The van der Waals surface area contributed by atoms with Crippen LogP contribution in [0.2, 0.25) is 0 Å². The van der Waals surface area contributed by atoms with Crippen molar-refractivity contribution >= 4 is 21.8 Å². The molecule has 0 heterocycles. The van der Waals surface area contributed by atoms with Crippen LogP contribution in [-0.2, 0) is 10.3 Å². The Morgan fingerprint density at radius 2 is 1.94 bits per heavy atom. The summed E-state index contributed by atoms with van der Waals surface area (Å²) in [5.41, 5.74) is 1.16. The molecule has 1 aliphatic carbocycles. The lowest BCUT2D eigenvalue weighted by atomic mass is 9.91. The van der Waals surface area contributed by atoms with Crippen LogP contribution in [0.4, 0.5) is 0 Å². The minimum absolute atomic E-state index is 0.0108. The second-order valence-electron chi connectivity index (χ2n) is 5.97. The first-order valence-corrected chi connectivity index (χ1v) is 7.52. The highest BCUT2D eigenvalue weighted by Gasteiger charge is 2.45. The molecule has 2 rings (SSSR count). The normalized spacial score (nSPS) is 17.3. The van der Waals surface area contributed by atoms with E-state index in [9.17, 15) is 4.79 Å². The summed E-state index contributed by atoms with van der Waals surface area (Å²) in [4.78, 5) is 12.1. The number of amides is 1. The van der Waals surface area contributed by atoms with E-state index < -0.39 is 0 Å². The van der Waals surface area contributed by atoms with E-state index in [0.29, 0.717) is 6.42 Å². The van der Waals surface area contributed by atoms with Crippen molar-refractivity contribution in [1.82, 2.24) is 5.32 Å². The Kier molecular flexibility index (Phi) is 3.81. The maximum atomic E-state index is 12.1. The first kappa shape index (κ1) is 13.6. The molecule has 0 unspecified atom stereocenters. The summed E-state index contributed by atoms with van der Waals surface area (Å²) >= 11 is 3.46. The fourth-order valence-electron chi connectivity index (χ4n) is 2.16. The molecular weight excluding hydrogens is 290 g/mol. The van der Waals surface area contributed by atoms with Gasteiger partial charge in [-0.3, -0.25) is 4.79 Å². The molecule has 1 N–H and O–H groups in total. The van der Waals surface area contributed by atoms with Gasteiger partial charge in [-0.05, 0) is 23.8 Å². The summed E-state index contributed by atoms with van der Waals surface area (Å²) in [6.45, 7) is 4.20. The zero-order chi connectivity index (χ0) is 13.2. The van der Waals surface area contributed by atoms with Crippen LogP contribution in [0.5, 0.6) is 0 Å². The predicted octanol–water partition coefficient (Wildman–Crippen LogP) is 3.60. The highest BCUT2D eigenvalue weighted by Crippen LogP contribution is 2.45. The molecule has 0 bridgehead atoms. The van der Waals surface area contributed by atoms with Crippen LogP contribution in [-0.4, -0.2) is 11.2 Å². The van der Waals surface area contributed by atoms with Gasteiger partial charge in [-0.25, -0.2) is 0 Å². The van der Waals surface area contributed by atoms with Crippen molar-refractivity contribution in [3.8, 4) is 0 Å². The number of carbonyl (C=O) groups excluding carboxylic acids is 1. The van der Waals surface area contributed by atoms with Crippen LogP contribution in [0.3, 0.4) is 0 Å². The van der Waals surface area contributed by atoms with Crippen LogP contribution < -0.4 is 5.32 Å². The zero-order valence-electron chi connectivity index (χ0n) is 11.0. The number of carbonyl (C=O) groups is 1. The van der Waals surface area contributed by atoms with E-state index in [2.05, 4.69) is 47.2 Å². The van der Waals surface area contributed by atoms with Gasteiger partial charge in [0, 0.05) is 11.8 Å². The third-order valence-corrected chi connectivity index (χ3v) is 4.97. The summed E-state index contributed by atoms with van der Waals surface area (Å²) < 4.78 is 0. The molecule has 1 aromatic carbocycles. The van der Waals surface area contributed by atoms with E-state index in [-0.39, 0.29) is 16.9 Å². The lowest BCUT2D eigenvalue weighted by Crippen LogP contribution is -2.37. The van der Waals surface area contributed by atoms with Crippen molar-refractivity contribution in [2.45, 2.75) is 38.6 Å². The standard InChI is InChI=1S/C15H20BrNO/c1-14(2,11-16)10-13(18)17-15(8-9-15)12-6-4-3-5-7-12/h3-7H,8-11H2,1-2H3,(H,17,18). The molecule has 1 amide bonds. The molecule has 0 saturated heterocycles. The summed E-state index contributed by atoms with van der Waals surface area (Å²) in [6, 6.07) is 10.3. The van der Waals surface area contributed by atoms with Crippen LogP contribution in [0.25, 0.3) is 0 Å². The molecule has 18 heavy (non-hydrogen) atoms. The molecule has 3 heteroatoms. The maximum Gasteiger partial charge on any atom is 0.221 e.